The molecule has 2 aliphatic heterocycles. The van der Waals surface area contributed by atoms with E-state index >= 15 is 0 Å². The molecule has 2 aliphatic rings. The minimum Gasteiger partial charge on any atom is -0.378 e. The van der Waals surface area contributed by atoms with Crippen LogP contribution in [-0.2, 0) is 22.3 Å². The Balaban J connectivity index is 1.33. The molecule has 0 amide bonds. The fourth-order valence-corrected chi connectivity index (χ4v) is 6.07. The van der Waals surface area contributed by atoms with E-state index in [-0.39, 0.29) is 5.75 Å². The van der Waals surface area contributed by atoms with Crippen molar-refractivity contribution in [2.24, 2.45) is 11.8 Å². The number of sulfonamides is 1. The third-order valence-corrected chi connectivity index (χ3v) is 7.76. The summed E-state index contributed by atoms with van der Waals surface area (Å²) in [6.07, 6.45) is 0. The Hall–Kier alpha value is -1.89. The highest BCUT2D eigenvalue weighted by Gasteiger charge is 2.43. The highest BCUT2D eigenvalue weighted by molar-refractivity contribution is 7.88. The molecule has 2 aromatic carbocycles. The summed E-state index contributed by atoms with van der Waals surface area (Å²) in [6, 6.07) is 18.2. The summed E-state index contributed by atoms with van der Waals surface area (Å²) in [7, 11) is 0.866. The van der Waals surface area contributed by atoms with Gasteiger partial charge in [0.2, 0.25) is 10.0 Å². The first-order valence-electron chi connectivity index (χ1n) is 9.91. The van der Waals surface area contributed by atoms with Gasteiger partial charge in [0.25, 0.3) is 0 Å². The van der Waals surface area contributed by atoms with Crippen LogP contribution in [0.4, 0.5) is 5.69 Å². The van der Waals surface area contributed by atoms with E-state index in [0.717, 1.165) is 25.2 Å². The average Bonchev–Trinajstić information content (AvgIpc) is 3.22. The molecule has 4 rings (SSSR count). The number of hydrogen-bond acceptors (Lipinski definition) is 4. The topological polar surface area (TPSA) is 43.9 Å². The Labute approximate surface area is 168 Å². The Bertz CT molecular complexity index is 883. The number of fused-ring (bicyclic) bond motifs is 1. The fourth-order valence-electron chi connectivity index (χ4n) is 4.44. The summed E-state index contributed by atoms with van der Waals surface area (Å²) in [5.74, 6) is 1.01. The third kappa shape index (κ3) is 4.24. The molecule has 2 saturated heterocycles. The standard InChI is InChI=1S/C22H29N3O2S/c1-23(2)22-10-8-18(9-11-22)12-24-13-20-15-25(16-21(20)14-24)28(26,27)17-19-6-4-3-5-7-19/h3-11,20-21H,12-17H2,1-2H3/t20-,21-/m0/s1. The van der Waals surface area contributed by atoms with Gasteiger partial charge in [0.05, 0.1) is 5.75 Å². The minimum atomic E-state index is -3.23. The van der Waals surface area contributed by atoms with Crippen LogP contribution in [0.2, 0.25) is 0 Å². The van der Waals surface area contributed by atoms with Crippen molar-refractivity contribution < 1.29 is 8.42 Å². The first kappa shape index (κ1) is 19.4. The van der Waals surface area contributed by atoms with Gasteiger partial charge >= 0.3 is 0 Å². The second kappa shape index (κ2) is 7.85. The molecule has 2 aromatic rings. The summed E-state index contributed by atoms with van der Waals surface area (Å²) in [6.45, 7) is 4.23. The van der Waals surface area contributed by atoms with Crippen molar-refractivity contribution in [3.05, 3.63) is 65.7 Å². The monoisotopic (exact) mass is 399 g/mol. The molecule has 150 valence electrons. The zero-order valence-corrected chi connectivity index (χ0v) is 17.5. The van der Waals surface area contributed by atoms with Crippen LogP contribution < -0.4 is 4.90 Å². The lowest BCUT2D eigenvalue weighted by atomic mass is 10.0. The zero-order valence-electron chi connectivity index (χ0n) is 16.7. The van der Waals surface area contributed by atoms with E-state index in [9.17, 15) is 8.42 Å². The summed E-state index contributed by atoms with van der Waals surface area (Å²) in [5, 5.41) is 0. The molecule has 2 fully saturated rings. The van der Waals surface area contributed by atoms with Crippen molar-refractivity contribution in [2.45, 2.75) is 12.3 Å². The summed E-state index contributed by atoms with van der Waals surface area (Å²) < 4.78 is 27.3. The number of rotatable bonds is 6. The lowest BCUT2D eigenvalue weighted by Crippen LogP contribution is -2.34. The van der Waals surface area contributed by atoms with E-state index in [0.29, 0.717) is 24.9 Å². The molecule has 0 saturated carbocycles. The summed E-state index contributed by atoms with van der Waals surface area (Å²) >= 11 is 0. The average molecular weight is 400 g/mol. The highest BCUT2D eigenvalue weighted by Crippen LogP contribution is 2.34. The molecular formula is C22H29N3O2S. The molecule has 0 N–H and O–H groups in total. The van der Waals surface area contributed by atoms with Crippen molar-refractivity contribution in [3.63, 3.8) is 0 Å². The number of anilines is 1. The van der Waals surface area contributed by atoms with Crippen LogP contribution in [0.1, 0.15) is 11.1 Å². The van der Waals surface area contributed by atoms with Crippen molar-refractivity contribution in [2.75, 3.05) is 45.2 Å². The van der Waals surface area contributed by atoms with Crippen LogP contribution >= 0.6 is 0 Å². The molecule has 0 spiro atoms. The van der Waals surface area contributed by atoms with Gasteiger partial charge in [0.15, 0.2) is 0 Å². The first-order chi connectivity index (χ1) is 13.4. The van der Waals surface area contributed by atoms with Crippen LogP contribution in [-0.4, -0.2) is 57.9 Å². The molecule has 2 atom stereocenters. The second-order valence-electron chi connectivity index (χ2n) is 8.33. The molecule has 0 unspecified atom stereocenters. The van der Waals surface area contributed by atoms with Crippen LogP contribution in [0.5, 0.6) is 0 Å². The maximum absolute atomic E-state index is 12.8. The third-order valence-electron chi connectivity index (χ3n) is 5.97. The van der Waals surface area contributed by atoms with E-state index in [2.05, 4.69) is 34.1 Å². The molecule has 28 heavy (non-hydrogen) atoms. The fraction of sp³-hybridized carbons (Fsp3) is 0.455. The second-order valence-corrected chi connectivity index (χ2v) is 10.3. The number of hydrogen-bond donors (Lipinski definition) is 0. The summed E-state index contributed by atoms with van der Waals surface area (Å²) in [5.41, 5.74) is 3.39. The lowest BCUT2D eigenvalue weighted by molar-refractivity contribution is 0.289. The van der Waals surface area contributed by atoms with Gasteiger partial charge in [-0.25, -0.2) is 12.7 Å². The molecular weight excluding hydrogens is 370 g/mol. The predicted octanol–water partition coefficient (Wildman–Crippen LogP) is 2.65. The molecule has 0 aromatic heterocycles. The van der Waals surface area contributed by atoms with Gasteiger partial charge in [-0.3, -0.25) is 4.90 Å². The van der Waals surface area contributed by atoms with Gasteiger partial charge in [-0.1, -0.05) is 42.5 Å². The van der Waals surface area contributed by atoms with Crippen LogP contribution in [0, 0.1) is 11.8 Å². The van der Waals surface area contributed by atoms with E-state index in [1.165, 1.54) is 11.3 Å². The predicted molar refractivity (Wildman–Crippen MR) is 114 cm³/mol. The highest BCUT2D eigenvalue weighted by atomic mass is 32.2. The SMILES string of the molecule is CN(C)c1ccc(CN2C[C@H]3CN(S(=O)(=O)Cc4ccccc4)C[C@@H]3C2)cc1. The van der Waals surface area contributed by atoms with Crippen molar-refractivity contribution in [1.29, 1.82) is 0 Å². The molecule has 0 bridgehead atoms. The van der Waals surface area contributed by atoms with E-state index in [1.807, 2.05) is 44.4 Å². The number of nitrogens with zero attached hydrogens (tertiary/aromatic N) is 3. The molecule has 5 nitrogen and oxygen atoms in total. The molecule has 6 heteroatoms. The maximum Gasteiger partial charge on any atom is 0.218 e. The largest absolute Gasteiger partial charge is 0.378 e. The van der Waals surface area contributed by atoms with Crippen molar-refractivity contribution in [3.8, 4) is 0 Å². The Morgan fingerprint density at radius 3 is 2.04 bits per heavy atom. The minimum absolute atomic E-state index is 0.106. The van der Waals surface area contributed by atoms with Crippen LogP contribution in [0.15, 0.2) is 54.6 Å². The smallest absolute Gasteiger partial charge is 0.218 e. The van der Waals surface area contributed by atoms with Gasteiger partial charge in [-0.2, -0.15) is 0 Å². The Morgan fingerprint density at radius 1 is 0.857 bits per heavy atom. The number of benzene rings is 2. The molecule has 0 aliphatic carbocycles. The van der Waals surface area contributed by atoms with E-state index in [1.54, 1.807) is 4.31 Å². The van der Waals surface area contributed by atoms with Gasteiger partial charge < -0.3 is 4.90 Å². The summed E-state index contributed by atoms with van der Waals surface area (Å²) in [4.78, 5) is 4.58. The lowest BCUT2D eigenvalue weighted by Gasteiger charge is -2.22. The van der Waals surface area contributed by atoms with Gasteiger partial charge in [0, 0.05) is 52.5 Å². The van der Waals surface area contributed by atoms with Gasteiger partial charge in [-0.15, -0.1) is 0 Å². The Morgan fingerprint density at radius 2 is 1.46 bits per heavy atom. The van der Waals surface area contributed by atoms with E-state index in [4.69, 9.17) is 0 Å². The molecule has 0 radical (unpaired) electrons. The Kier molecular flexibility index (Phi) is 5.45. The van der Waals surface area contributed by atoms with Crippen molar-refractivity contribution in [1.82, 2.24) is 9.21 Å². The maximum atomic E-state index is 12.8. The van der Waals surface area contributed by atoms with E-state index < -0.39 is 10.0 Å². The van der Waals surface area contributed by atoms with Gasteiger partial charge in [-0.05, 0) is 35.1 Å². The first-order valence-corrected chi connectivity index (χ1v) is 11.5. The van der Waals surface area contributed by atoms with Crippen molar-refractivity contribution >= 4 is 15.7 Å². The number of likely N-dealkylation sites (tertiary alicyclic amines) is 1. The normalized spacial score (nSPS) is 23.1. The quantitative estimate of drug-likeness (QED) is 0.749. The van der Waals surface area contributed by atoms with Gasteiger partial charge in [0.1, 0.15) is 0 Å². The zero-order chi connectivity index (χ0) is 19.7. The molecule has 2 heterocycles. The van der Waals surface area contributed by atoms with Crippen LogP contribution in [0.3, 0.4) is 0 Å². The van der Waals surface area contributed by atoms with Crippen LogP contribution in [0.25, 0.3) is 0 Å².